The van der Waals surface area contributed by atoms with Crippen molar-refractivity contribution in [1.82, 2.24) is 10.2 Å². The molecule has 0 spiro atoms. The Balaban J connectivity index is 0.00000156. The van der Waals surface area contributed by atoms with Gasteiger partial charge in [0, 0.05) is 30.2 Å². The van der Waals surface area contributed by atoms with Crippen LogP contribution in [0.5, 0.6) is 0 Å². The van der Waals surface area contributed by atoms with Crippen LogP contribution >= 0.6 is 36.2 Å². The van der Waals surface area contributed by atoms with Gasteiger partial charge in [-0.2, -0.15) is 0 Å². The van der Waals surface area contributed by atoms with Gasteiger partial charge < -0.3 is 11.1 Å². The second-order valence-corrected chi connectivity index (χ2v) is 7.15. The second-order valence-electron chi connectivity index (χ2n) is 6.12. The van der Waals surface area contributed by atoms with Gasteiger partial charge in [-0.1, -0.05) is 18.2 Å². The molecule has 1 saturated heterocycles. The Morgan fingerprint density at radius 2 is 2.04 bits per heavy atom. The minimum atomic E-state index is -0.0709. The largest absolute Gasteiger partial charge is 0.398 e. The number of piperidine rings is 1. The predicted molar refractivity (Wildman–Crippen MR) is 110 cm³/mol. The molecule has 1 aliphatic rings. The van der Waals surface area contributed by atoms with E-state index in [2.05, 4.69) is 27.7 Å². The third-order valence-electron chi connectivity index (χ3n) is 4.32. The number of hydrogen-bond acceptors (Lipinski definition) is 4. The van der Waals surface area contributed by atoms with Crippen LogP contribution in [0.1, 0.15) is 28.1 Å². The number of para-hydroxylation sites is 1. The van der Waals surface area contributed by atoms with Crippen molar-refractivity contribution in [3.05, 3.63) is 52.2 Å². The molecule has 1 fully saturated rings. The third-order valence-corrected chi connectivity index (χ3v) is 5.18. The van der Waals surface area contributed by atoms with Crippen LogP contribution in [0.4, 0.5) is 5.69 Å². The number of carbonyl (C=O) groups excluding carboxylic acids is 1. The van der Waals surface area contributed by atoms with Gasteiger partial charge in [0.25, 0.3) is 5.91 Å². The number of amides is 1. The standard InChI is InChI=1S/C18H23N3OS.2ClH/c19-17-8-2-1-7-16(17)18(22)20-11-14-5-3-9-21(12-14)13-15-6-4-10-23-15;;/h1-2,4,6-8,10,14H,3,5,9,11-13,19H2,(H,20,22);2*1H. The highest BCUT2D eigenvalue weighted by Gasteiger charge is 2.21. The van der Waals surface area contributed by atoms with Crippen LogP contribution in [-0.2, 0) is 6.54 Å². The number of nitrogens with two attached hydrogens (primary N) is 1. The molecular weight excluding hydrogens is 377 g/mol. The number of halogens is 2. The van der Waals surface area contributed by atoms with Crippen molar-refractivity contribution in [2.75, 3.05) is 25.4 Å². The van der Waals surface area contributed by atoms with Crippen molar-refractivity contribution in [1.29, 1.82) is 0 Å². The summed E-state index contributed by atoms with van der Waals surface area (Å²) in [7, 11) is 0. The normalized spacial score (nSPS) is 17.2. The second kappa shape index (κ2) is 10.7. The number of likely N-dealkylation sites (tertiary alicyclic amines) is 1. The van der Waals surface area contributed by atoms with Gasteiger partial charge in [0.2, 0.25) is 0 Å². The van der Waals surface area contributed by atoms with Gasteiger partial charge >= 0.3 is 0 Å². The molecular formula is C18H25Cl2N3OS. The summed E-state index contributed by atoms with van der Waals surface area (Å²) in [4.78, 5) is 16.1. The molecule has 3 rings (SSSR count). The predicted octanol–water partition coefficient (Wildman–Crippen LogP) is 3.82. The third kappa shape index (κ3) is 6.19. The molecule has 1 amide bonds. The molecule has 1 atom stereocenters. The van der Waals surface area contributed by atoms with Crippen molar-refractivity contribution < 1.29 is 4.79 Å². The van der Waals surface area contributed by atoms with E-state index in [1.807, 2.05) is 23.5 Å². The van der Waals surface area contributed by atoms with Crippen molar-refractivity contribution in [3.8, 4) is 0 Å². The van der Waals surface area contributed by atoms with Crippen LogP contribution < -0.4 is 11.1 Å². The number of nitrogens with one attached hydrogen (secondary N) is 1. The smallest absolute Gasteiger partial charge is 0.253 e. The van der Waals surface area contributed by atoms with Gasteiger partial charge in [0.05, 0.1) is 5.56 Å². The maximum atomic E-state index is 12.2. The van der Waals surface area contributed by atoms with E-state index in [1.54, 1.807) is 12.1 Å². The maximum Gasteiger partial charge on any atom is 0.253 e. The highest BCUT2D eigenvalue weighted by molar-refractivity contribution is 7.09. The van der Waals surface area contributed by atoms with Gasteiger partial charge in [-0.25, -0.2) is 0 Å². The van der Waals surface area contributed by atoms with Crippen LogP contribution in [-0.4, -0.2) is 30.4 Å². The molecule has 0 bridgehead atoms. The first kappa shape index (κ1) is 21.8. The highest BCUT2D eigenvalue weighted by atomic mass is 35.5. The minimum absolute atomic E-state index is 0. The summed E-state index contributed by atoms with van der Waals surface area (Å²) in [5.74, 6) is 0.441. The lowest BCUT2D eigenvalue weighted by atomic mass is 9.97. The molecule has 2 aromatic rings. The molecule has 4 nitrogen and oxygen atoms in total. The fourth-order valence-corrected chi connectivity index (χ4v) is 3.87. The molecule has 25 heavy (non-hydrogen) atoms. The summed E-state index contributed by atoms with van der Waals surface area (Å²) in [6.45, 7) is 3.93. The summed E-state index contributed by atoms with van der Waals surface area (Å²) in [5.41, 5.74) is 6.96. The Morgan fingerprint density at radius 1 is 1.24 bits per heavy atom. The monoisotopic (exact) mass is 401 g/mol. The molecule has 7 heteroatoms. The molecule has 0 saturated carbocycles. The number of nitrogens with zero attached hydrogens (tertiary/aromatic N) is 1. The molecule has 0 radical (unpaired) electrons. The van der Waals surface area contributed by atoms with Gasteiger partial charge in [0.15, 0.2) is 0 Å². The molecule has 3 N–H and O–H groups in total. The number of thiophene rings is 1. The van der Waals surface area contributed by atoms with Gasteiger partial charge in [-0.05, 0) is 48.9 Å². The van der Waals surface area contributed by atoms with Crippen molar-refractivity contribution in [2.24, 2.45) is 5.92 Å². The molecule has 0 aliphatic carbocycles. The van der Waals surface area contributed by atoms with E-state index in [4.69, 9.17) is 5.73 Å². The van der Waals surface area contributed by atoms with Crippen LogP contribution in [0.25, 0.3) is 0 Å². The Labute approximate surface area is 165 Å². The summed E-state index contributed by atoms with van der Waals surface area (Å²) in [6.07, 6.45) is 2.37. The summed E-state index contributed by atoms with van der Waals surface area (Å²) >= 11 is 1.81. The first-order valence-electron chi connectivity index (χ1n) is 8.10. The van der Waals surface area contributed by atoms with Gasteiger partial charge in [0.1, 0.15) is 0 Å². The number of hydrogen-bond donors (Lipinski definition) is 2. The number of anilines is 1. The average Bonchev–Trinajstić information content (AvgIpc) is 3.06. The van der Waals surface area contributed by atoms with E-state index in [9.17, 15) is 4.79 Å². The number of rotatable bonds is 5. The van der Waals surface area contributed by atoms with Crippen molar-refractivity contribution in [3.63, 3.8) is 0 Å². The van der Waals surface area contributed by atoms with E-state index in [0.717, 1.165) is 19.6 Å². The van der Waals surface area contributed by atoms with Crippen molar-refractivity contribution in [2.45, 2.75) is 19.4 Å². The van der Waals surface area contributed by atoms with E-state index < -0.39 is 0 Å². The van der Waals surface area contributed by atoms with Crippen LogP contribution in [0.3, 0.4) is 0 Å². The zero-order chi connectivity index (χ0) is 16.1. The van der Waals surface area contributed by atoms with Crippen molar-refractivity contribution >= 4 is 47.7 Å². The molecule has 1 aliphatic heterocycles. The summed E-state index contributed by atoms with van der Waals surface area (Å²) in [5, 5.41) is 5.17. The first-order chi connectivity index (χ1) is 11.2. The van der Waals surface area contributed by atoms with Crippen LogP contribution in [0.2, 0.25) is 0 Å². The lowest BCUT2D eigenvalue weighted by molar-refractivity contribution is 0.0932. The number of benzene rings is 1. The Morgan fingerprint density at radius 3 is 2.76 bits per heavy atom. The SMILES string of the molecule is Cl.Cl.Nc1ccccc1C(=O)NCC1CCCN(Cc2cccs2)C1. The van der Waals surface area contributed by atoms with E-state index in [0.29, 0.717) is 23.7 Å². The first-order valence-corrected chi connectivity index (χ1v) is 8.98. The fourth-order valence-electron chi connectivity index (χ4n) is 3.12. The number of nitrogen functional groups attached to an aromatic ring is 1. The number of carbonyl (C=O) groups is 1. The maximum absolute atomic E-state index is 12.2. The zero-order valence-electron chi connectivity index (χ0n) is 14.0. The minimum Gasteiger partial charge on any atom is -0.398 e. The molecule has 138 valence electrons. The average molecular weight is 402 g/mol. The highest BCUT2D eigenvalue weighted by Crippen LogP contribution is 2.20. The fraction of sp³-hybridized carbons (Fsp3) is 0.389. The van der Waals surface area contributed by atoms with Crippen LogP contribution in [0.15, 0.2) is 41.8 Å². The summed E-state index contributed by atoms with van der Waals surface area (Å²) in [6, 6.07) is 11.5. The van der Waals surface area contributed by atoms with Crippen LogP contribution in [0, 0.1) is 5.92 Å². The molecule has 1 unspecified atom stereocenters. The van der Waals surface area contributed by atoms with E-state index in [1.165, 1.54) is 17.7 Å². The molecule has 2 heterocycles. The lowest BCUT2D eigenvalue weighted by Crippen LogP contribution is -2.40. The van der Waals surface area contributed by atoms with Gasteiger partial charge in [-0.15, -0.1) is 36.2 Å². The van der Waals surface area contributed by atoms with E-state index in [-0.39, 0.29) is 30.7 Å². The Hall–Kier alpha value is -1.27. The Bertz CT molecular complexity index is 652. The molecule has 1 aromatic carbocycles. The van der Waals surface area contributed by atoms with E-state index >= 15 is 0 Å². The zero-order valence-corrected chi connectivity index (χ0v) is 16.5. The lowest BCUT2D eigenvalue weighted by Gasteiger charge is -2.32. The quantitative estimate of drug-likeness (QED) is 0.748. The summed E-state index contributed by atoms with van der Waals surface area (Å²) < 4.78 is 0. The topological polar surface area (TPSA) is 58.4 Å². The Kier molecular flexibility index (Phi) is 9.28. The van der Waals surface area contributed by atoms with Gasteiger partial charge in [-0.3, -0.25) is 9.69 Å². The molecule has 1 aromatic heterocycles.